The van der Waals surface area contributed by atoms with Gasteiger partial charge in [-0.25, -0.2) is 101 Å². The second kappa shape index (κ2) is 46.2. The number of allylic oxidation sites excluding steroid dienone is 5. The maximum absolute atomic E-state index is 14.6. The number of aliphatic imine (C=N–C) groups is 5. The summed E-state index contributed by atoms with van der Waals surface area (Å²) in [4.78, 5) is 103. The number of esters is 5. The summed E-state index contributed by atoms with van der Waals surface area (Å²) in [6, 6.07) is 20.5. The fourth-order valence-corrected chi connectivity index (χ4v) is 15.3. The molecular weight excluding hydrogens is 1990 g/mol. The number of aromatic nitrogens is 5. The first kappa shape index (κ1) is 104. The van der Waals surface area contributed by atoms with E-state index in [1.165, 1.54) is 80.9 Å². The molecule has 712 valence electrons. The summed E-state index contributed by atoms with van der Waals surface area (Å²) >= 11 is 33.7. The number of benzene rings is 5. The number of nitrogens with one attached hydrogen (secondary N) is 5. The topological polar surface area (TPSA) is 318 Å². The number of ether oxygens (including phenoxy) is 5. The van der Waals surface area contributed by atoms with Crippen molar-refractivity contribution >= 4 is 133 Å². The van der Waals surface area contributed by atoms with Crippen LogP contribution in [0.25, 0.3) is 0 Å². The molecule has 5 aromatic carbocycles. The van der Waals surface area contributed by atoms with Crippen LogP contribution in [0.2, 0.25) is 25.1 Å². The van der Waals surface area contributed by atoms with Gasteiger partial charge in [0.2, 0.25) is 0 Å². The zero-order valence-electron chi connectivity index (χ0n) is 72.8. The van der Waals surface area contributed by atoms with Crippen LogP contribution in [0.3, 0.4) is 0 Å². The van der Waals surface area contributed by atoms with Crippen molar-refractivity contribution in [3.8, 4) is 0 Å². The van der Waals surface area contributed by atoms with Crippen LogP contribution in [-0.2, 0) is 47.7 Å². The van der Waals surface area contributed by atoms with E-state index in [0.717, 1.165) is 43.0 Å². The summed E-state index contributed by atoms with van der Waals surface area (Å²) in [6.45, 7) is 13.2. The smallest absolute Gasteiger partial charge is 0.338 e. The number of amidine groups is 5. The van der Waals surface area contributed by atoms with E-state index in [-0.39, 0.29) is 131 Å². The highest BCUT2D eigenvalue weighted by Crippen LogP contribution is 2.43. The minimum Gasteiger partial charge on any atom is -0.466 e. The van der Waals surface area contributed by atoms with E-state index in [1.807, 2.05) is 0 Å². The van der Waals surface area contributed by atoms with Crippen molar-refractivity contribution in [1.29, 1.82) is 0 Å². The molecule has 5 aliphatic rings. The number of carbonyl (C=O) groups excluding carboxylic acids is 5. The lowest BCUT2D eigenvalue weighted by Crippen LogP contribution is -2.34. The molecule has 25 nitrogen and oxygen atoms in total. The predicted molar refractivity (Wildman–Crippen MR) is 485 cm³/mol. The molecule has 0 aliphatic carbocycles. The SMILES string of the molecule is CCOC(=O)C1=C(C)NC(c2ncc(F)cc2F)=NC1c1ccc(Br)cc1F.CCOC(=O)C1=C(C)NC(c2ncc(F)cc2F)=NC1c1ccc(Cl)cc1F.CCOC(=O)C1=C(C)NC(c2ncc(F)cc2F)=N[C@H]1c1ccc(F)cc1Cl.COC(=O)C1=C(C)NC(c2ncc(F)cc2F)=N[C@H]1c1ccc(F)cc1Cl.COC(=O)C1=C(C)NC(c2ncccc2Cl)=N[C@H]1c1ccc(F)cc1Cl. The summed E-state index contributed by atoms with van der Waals surface area (Å²) in [5.41, 5.74) is 3.19. The molecule has 0 bridgehead atoms. The highest BCUT2D eigenvalue weighted by molar-refractivity contribution is 9.10. The van der Waals surface area contributed by atoms with Crippen LogP contribution < -0.4 is 26.6 Å². The van der Waals surface area contributed by atoms with Gasteiger partial charge < -0.3 is 50.3 Å². The van der Waals surface area contributed by atoms with Gasteiger partial charge in [0.1, 0.15) is 111 Å². The second-order valence-electron chi connectivity index (χ2n) is 29.0. The number of pyridine rings is 5. The van der Waals surface area contributed by atoms with Crippen molar-refractivity contribution in [2.24, 2.45) is 25.0 Å². The van der Waals surface area contributed by atoms with Crippen LogP contribution in [0.4, 0.5) is 57.1 Å². The maximum Gasteiger partial charge on any atom is 0.338 e. The van der Waals surface area contributed by atoms with E-state index in [4.69, 9.17) is 81.7 Å². The number of nitrogens with zero attached hydrogens (tertiary/aromatic N) is 10. The number of methoxy groups -OCH3 is 2. The normalized spacial score (nSPS) is 16.6. The summed E-state index contributed by atoms with van der Waals surface area (Å²) in [5.74, 6) is -13.0. The predicted octanol–water partition coefficient (Wildman–Crippen LogP) is 20.1. The lowest BCUT2D eigenvalue weighted by Gasteiger charge is -2.26. The van der Waals surface area contributed by atoms with Crippen LogP contribution in [0.5, 0.6) is 0 Å². The van der Waals surface area contributed by atoms with Gasteiger partial charge in [-0.15, -0.1) is 0 Å². The number of hydrogen-bond donors (Lipinski definition) is 5. The van der Waals surface area contributed by atoms with E-state index in [9.17, 15) is 81.0 Å². The molecule has 0 fully saturated rings. The van der Waals surface area contributed by atoms with Gasteiger partial charge in [-0.1, -0.05) is 104 Å². The Hall–Kier alpha value is -13.7. The van der Waals surface area contributed by atoms with Gasteiger partial charge >= 0.3 is 29.8 Å². The zero-order valence-corrected chi connectivity index (χ0v) is 78.1. The average molecular weight is 2060 g/mol. The van der Waals surface area contributed by atoms with Gasteiger partial charge in [0, 0.05) is 111 Å². The van der Waals surface area contributed by atoms with Crippen LogP contribution in [-0.4, -0.2) is 118 Å². The van der Waals surface area contributed by atoms with Gasteiger partial charge in [0.25, 0.3) is 0 Å². The molecule has 0 amide bonds. The standard InChI is InChI=1S/C19H15BrF3N3O2.2C19H15ClF3N3O2.C18H14Cl2FN3O2.C18H13ClF3N3O2/c1-3-28-19(27)15-9(2)25-18(17-14(23)7-11(21)8-24-17)26-16(15)12-5-4-10(20)6-13(12)22;1-3-28-19(27)15-9(2)25-18(17-14(23)7-11(22)8-24-17)26-16(15)12-5-4-10(21)6-13(12)20;1-3-28-19(27)15-9(2)25-18(17-14(23)7-11(21)8-24-17)26-16(15)12-5-4-10(20)6-13(12)22;1-9-14(18(25)26-2)15(11-6-5-10(21)8-13(11)20)24-17(23-9)16-12(19)4-3-7-22-16;1-8-14(18(26)27-2)15(11-4-3-9(20)5-12(11)19)25-17(24-8)16-13(22)6-10(21)7-23-16/h3*4-8,16H,3H2,1-2H3,(H,25,26);3-8,15H,1-2H3,(H,23,24);3-7,15H,1-2H3,(H,24,25)/t;16-;;2*15-/m.0.00/s1. The molecule has 2 unspecified atom stereocenters. The molecule has 5 atom stereocenters. The number of carbonyl (C=O) groups is 5. The Labute approximate surface area is 805 Å². The molecule has 10 aromatic rings. The molecule has 15 rings (SSSR count). The molecular formula is C93H72BrCl5F13N15O10. The van der Waals surface area contributed by atoms with E-state index < -0.39 is 136 Å². The average Bonchev–Trinajstić information content (AvgIpc) is 0.781. The second-order valence-corrected chi connectivity index (χ2v) is 31.9. The molecule has 5 aromatic heterocycles. The third-order valence-corrected chi connectivity index (χ3v) is 21.9. The van der Waals surface area contributed by atoms with Crippen LogP contribution in [0.15, 0.2) is 244 Å². The lowest BCUT2D eigenvalue weighted by atomic mass is 9.95. The Bertz CT molecular complexity index is 6430. The van der Waals surface area contributed by atoms with E-state index >= 15 is 0 Å². The summed E-state index contributed by atoms with van der Waals surface area (Å²) in [6.07, 6.45) is 4.96. The maximum atomic E-state index is 14.6. The molecule has 0 spiro atoms. The largest absolute Gasteiger partial charge is 0.466 e. The first-order valence-corrected chi connectivity index (χ1v) is 42.9. The number of halogens is 19. The van der Waals surface area contributed by atoms with Gasteiger partial charge in [-0.05, 0) is 128 Å². The highest BCUT2D eigenvalue weighted by atomic mass is 79.9. The van der Waals surface area contributed by atoms with Crippen LogP contribution >= 0.6 is 73.9 Å². The fourth-order valence-electron chi connectivity index (χ4n) is 13.8. The molecule has 44 heteroatoms. The van der Waals surface area contributed by atoms with Gasteiger partial charge in [-0.2, -0.15) is 0 Å². The minimum absolute atomic E-state index is 0.0200. The van der Waals surface area contributed by atoms with E-state index in [1.54, 1.807) is 79.8 Å². The Morgan fingerprint density at radius 1 is 0.314 bits per heavy atom. The molecule has 0 radical (unpaired) electrons. The summed E-state index contributed by atoms with van der Waals surface area (Å²) in [5, 5.41) is 15.0. The minimum atomic E-state index is -1.13. The van der Waals surface area contributed by atoms with Gasteiger partial charge in [0.15, 0.2) is 52.4 Å². The summed E-state index contributed by atoms with van der Waals surface area (Å²) < 4.78 is 204. The molecule has 0 saturated heterocycles. The van der Waals surface area contributed by atoms with E-state index in [0.29, 0.717) is 84.8 Å². The monoisotopic (exact) mass is 2060 g/mol. The third-order valence-electron chi connectivity index (χ3n) is 19.9. The van der Waals surface area contributed by atoms with Crippen molar-refractivity contribution in [3.63, 3.8) is 0 Å². The molecule has 5 N–H and O–H groups in total. The fraction of sp³-hybridized carbons (Fsp3) is 0.194. The Balaban J connectivity index is 0.000000164. The quantitative estimate of drug-likeness (QED) is 0.0303. The van der Waals surface area contributed by atoms with Crippen LogP contribution in [0, 0.1) is 75.6 Å². The van der Waals surface area contributed by atoms with Crippen molar-refractivity contribution in [1.82, 2.24) is 51.5 Å². The van der Waals surface area contributed by atoms with Crippen molar-refractivity contribution in [2.75, 3.05) is 34.0 Å². The molecule has 10 heterocycles. The van der Waals surface area contributed by atoms with Crippen molar-refractivity contribution in [2.45, 2.75) is 85.6 Å². The van der Waals surface area contributed by atoms with Gasteiger partial charge in [0.05, 0.1) is 91.7 Å². The van der Waals surface area contributed by atoms with Gasteiger partial charge in [-0.3, -0.25) is 29.9 Å². The Morgan fingerprint density at radius 3 is 0.847 bits per heavy atom. The lowest BCUT2D eigenvalue weighted by molar-refractivity contribution is -0.139. The third kappa shape index (κ3) is 24.8. The molecule has 5 aliphatic heterocycles. The Morgan fingerprint density at radius 2 is 0.584 bits per heavy atom. The molecule has 0 saturated carbocycles. The number of rotatable bonds is 18. The van der Waals surface area contributed by atoms with Crippen molar-refractivity contribution < 1.29 is 105 Å². The first-order chi connectivity index (χ1) is 65.2. The van der Waals surface area contributed by atoms with E-state index in [2.05, 4.69) is 92.4 Å². The zero-order chi connectivity index (χ0) is 99.8. The summed E-state index contributed by atoms with van der Waals surface area (Å²) in [7, 11) is 2.48. The first-order valence-electron chi connectivity index (χ1n) is 40.3. The molecule has 137 heavy (non-hydrogen) atoms. The highest BCUT2D eigenvalue weighted by Gasteiger charge is 2.40. The van der Waals surface area contributed by atoms with Crippen molar-refractivity contribution in [3.05, 3.63) is 376 Å². The number of hydrogen-bond acceptors (Lipinski definition) is 25. The van der Waals surface area contributed by atoms with Crippen LogP contribution in [0.1, 0.15) is 142 Å². The Kier molecular flexibility index (Phi) is 35.0.